The third-order valence-corrected chi connectivity index (χ3v) is 2.86. The Bertz CT molecular complexity index is 546. The number of anilines is 1. The number of carbonyl (C=O) groups excluding carboxylic acids is 2. The van der Waals surface area contributed by atoms with Gasteiger partial charge >= 0.3 is 5.97 Å². The monoisotopic (exact) mass is 295 g/mol. The standard InChI is InChI=1S/C15H21NO5/c1-15(2,3)14(18)16-10-8-12(20-5)11(19-4)7-9(10)13(17)21-6/h7-8H,1-6H3,(H,16,18). The minimum Gasteiger partial charge on any atom is -0.493 e. The number of hydrogen-bond donors (Lipinski definition) is 1. The number of hydrogen-bond acceptors (Lipinski definition) is 5. The zero-order valence-electron chi connectivity index (χ0n) is 13.2. The van der Waals surface area contributed by atoms with Crippen molar-refractivity contribution in [1.82, 2.24) is 0 Å². The Balaban J connectivity index is 3.33. The normalized spacial score (nSPS) is 10.8. The summed E-state index contributed by atoms with van der Waals surface area (Å²) in [6, 6.07) is 3.01. The van der Waals surface area contributed by atoms with Crippen LogP contribution in [0.5, 0.6) is 11.5 Å². The lowest BCUT2D eigenvalue weighted by Crippen LogP contribution is -2.28. The molecule has 1 rings (SSSR count). The second kappa shape index (κ2) is 6.47. The molecule has 0 heterocycles. The molecule has 6 nitrogen and oxygen atoms in total. The molecule has 0 aromatic heterocycles. The van der Waals surface area contributed by atoms with Gasteiger partial charge in [-0.15, -0.1) is 0 Å². The predicted octanol–water partition coefficient (Wildman–Crippen LogP) is 2.48. The number of benzene rings is 1. The van der Waals surface area contributed by atoms with Gasteiger partial charge in [-0.25, -0.2) is 4.79 Å². The molecule has 0 spiro atoms. The van der Waals surface area contributed by atoms with E-state index in [2.05, 4.69) is 5.32 Å². The third kappa shape index (κ3) is 3.87. The van der Waals surface area contributed by atoms with Crippen LogP contribution in [0.2, 0.25) is 0 Å². The lowest BCUT2D eigenvalue weighted by atomic mass is 9.95. The van der Waals surface area contributed by atoms with Crippen molar-refractivity contribution in [3.63, 3.8) is 0 Å². The van der Waals surface area contributed by atoms with E-state index in [1.165, 1.54) is 33.5 Å². The largest absolute Gasteiger partial charge is 0.493 e. The second-order valence-corrected chi connectivity index (χ2v) is 5.45. The van der Waals surface area contributed by atoms with Crippen LogP contribution in [0.1, 0.15) is 31.1 Å². The summed E-state index contributed by atoms with van der Waals surface area (Å²) < 4.78 is 15.1. The molecule has 0 atom stereocenters. The van der Waals surface area contributed by atoms with Gasteiger partial charge < -0.3 is 19.5 Å². The maximum Gasteiger partial charge on any atom is 0.340 e. The highest BCUT2D eigenvalue weighted by atomic mass is 16.5. The van der Waals surface area contributed by atoms with Crippen molar-refractivity contribution in [2.24, 2.45) is 5.41 Å². The molecule has 0 unspecified atom stereocenters. The highest BCUT2D eigenvalue weighted by Crippen LogP contribution is 2.34. The van der Waals surface area contributed by atoms with E-state index in [4.69, 9.17) is 14.2 Å². The summed E-state index contributed by atoms with van der Waals surface area (Å²) in [5, 5.41) is 2.72. The Kier molecular flexibility index (Phi) is 5.18. The van der Waals surface area contributed by atoms with E-state index in [1.807, 2.05) is 0 Å². The van der Waals surface area contributed by atoms with Gasteiger partial charge in [0.25, 0.3) is 0 Å². The fourth-order valence-corrected chi connectivity index (χ4v) is 1.57. The summed E-state index contributed by atoms with van der Waals surface area (Å²) in [6.07, 6.45) is 0. The van der Waals surface area contributed by atoms with Crippen LogP contribution >= 0.6 is 0 Å². The fraction of sp³-hybridized carbons (Fsp3) is 0.467. The van der Waals surface area contributed by atoms with E-state index in [-0.39, 0.29) is 11.5 Å². The zero-order chi connectivity index (χ0) is 16.2. The van der Waals surface area contributed by atoms with Crippen molar-refractivity contribution in [3.8, 4) is 11.5 Å². The Morgan fingerprint density at radius 2 is 1.52 bits per heavy atom. The first kappa shape index (κ1) is 16.8. The van der Waals surface area contributed by atoms with Crippen LogP contribution in [0.15, 0.2) is 12.1 Å². The van der Waals surface area contributed by atoms with Gasteiger partial charge in [0.2, 0.25) is 5.91 Å². The quantitative estimate of drug-likeness (QED) is 0.864. The molecule has 116 valence electrons. The van der Waals surface area contributed by atoms with Crippen LogP contribution in [0.25, 0.3) is 0 Å². The van der Waals surface area contributed by atoms with Crippen molar-refractivity contribution in [2.45, 2.75) is 20.8 Å². The van der Waals surface area contributed by atoms with Gasteiger partial charge in [0.05, 0.1) is 32.6 Å². The summed E-state index contributed by atoms with van der Waals surface area (Å²) in [5.41, 5.74) is -0.0761. The molecular weight excluding hydrogens is 274 g/mol. The van der Waals surface area contributed by atoms with Gasteiger partial charge in [0, 0.05) is 17.5 Å². The molecule has 1 aromatic rings. The molecule has 6 heteroatoms. The SMILES string of the molecule is COC(=O)c1cc(OC)c(OC)cc1NC(=O)C(C)(C)C. The van der Waals surface area contributed by atoms with Gasteiger partial charge in [-0.1, -0.05) is 20.8 Å². The van der Waals surface area contributed by atoms with Crippen molar-refractivity contribution >= 4 is 17.6 Å². The average Bonchev–Trinajstić information content (AvgIpc) is 2.44. The third-order valence-electron chi connectivity index (χ3n) is 2.86. The molecule has 0 saturated carbocycles. The van der Waals surface area contributed by atoms with E-state index < -0.39 is 11.4 Å². The number of ether oxygens (including phenoxy) is 3. The summed E-state index contributed by atoms with van der Waals surface area (Å²) in [6.45, 7) is 5.34. The Hall–Kier alpha value is -2.24. The number of carbonyl (C=O) groups is 2. The average molecular weight is 295 g/mol. The molecular formula is C15H21NO5. The first-order valence-corrected chi connectivity index (χ1v) is 6.40. The van der Waals surface area contributed by atoms with Crippen LogP contribution in [0.3, 0.4) is 0 Å². The van der Waals surface area contributed by atoms with Crippen molar-refractivity contribution in [2.75, 3.05) is 26.6 Å². The minimum atomic E-state index is -0.597. The lowest BCUT2D eigenvalue weighted by Gasteiger charge is -2.20. The number of rotatable bonds is 4. The van der Waals surface area contributed by atoms with Gasteiger partial charge in [-0.05, 0) is 0 Å². The summed E-state index contributed by atoms with van der Waals surface area (Å²) in [7, 11) is 4.21. The summed E-state index contributed by atoms with van der Waals surface area (Å²) in [4.78, 5) is 24.0. The first-order chi connectivity index (χ1) is 9.74. The van der Waals surface area contributed by atoms with E-state index in [0.29, 0.717) is 17.2 Å². The number of methoxy groups -OCH3 is 3. The van der Waals surface area contributed by atoms with Crippen LogP contribution in [0, 0.1) is 5.41 Å². The molecule has 0 bridgehead atoms. The van der Waals surface area contributed by atoms with Crippen molar-refractivity contribution < 1.29 is 23.8 Å². The van der Waals surface area contributed by atoms with E-state index in [1.54, 1.807) is 20.8 Å². The van der Waals surface area contributed by atoms with Crippen LogP contribution < -0.4 is 14.8 Å². The second-order valence-electron chi connectivity index (χ2n) is 5.45. The van der Waals surface area contributed by atoms with Crippen molar-refractivity contribution in [1.29, 1.82) is 0 Å². The molecule has 0 aliphatic heterocycles. The molecule has 0 aliphatic rings. The van der Waals surface area contributed by atoms with Gasteiger partial charge in [0.1, 0.15) is 0 Å². The Morgan fingerprint density at radius 3 is 1.95 bits per heavy atom. The van der Waals surface area contributed by atoms with Crippen LogP contribution in [-0.4, -0.2) is 33.2 Å². The molecule has 0 saturated heterocycles. The maximum absolute atomic E-state index is 12.1. The molecule has 0 aliphatic carbocycles. The zero-order valence-corrected chi connectivity index (χ0v) is 13.2. The van der Waals surface area contributed by atoms with Gasteiger partial charge in [-0.3, -0.25) is 4.79 Å². The van der Waals surface area contributed by atoms with E-state index in [9.17, 15) is 9.59 Å². The molecule has 1 N–H and O–H groups in total. The topological polar surface area (TPSA) is 73.9 Å². The number of amides is 1. The molecule has 0 fully saturated rings. The smallest absolute Gasteiger partial charge is 0.340 e. The number of nitrogens with one attached hydrogen (secondary N) is 1. The fourth-order valence-electron chi connectivity index (χ4n) is 1.57. The Labute approximate surface area is 124 Å². The minimum absolute atomic E-state index is 0.202. The van der Waals surface area contributed by atoms with Gasteiger partial charge in [-0.2, -0.15) is 0 Å². The van der Waals surface area contributed by atoms with E-state index >= 15 is 0 Å². The summed E-state index contributed by atoms with van der Waals surface area (Å²) >= 11 is 0. The molecule has 21 heavy (non-hydrogen) atoms. The lowest BCUT2D eigenvalue weighted by molar-refractivity contribution is -0.123. The molecule has 0 radical (unpaired) electrons. The van der Waals surface area contributed by atoms with E-state index in [0.717, 1.165) is 0 Å². The molecule has 1 aromatic carbocycles. The Morgan fingerprint density at radius 1 is 1.00 bits per heavy atom. The van der Waals surface area contributed by atoms with Crippen LogP contribution in [-0.2, 0) is 9.53 Å². The first-order valence-electron chi connectivity index (χ1n) is 6.40. The number of esters is 1. The molecule has 1 amide bonds. The van der Waals surface area contributed by atoms with Gasteiger partial charge in [0.15, 0.2) is 11.5 Å². The maximum atomic E-state index is 12.1. The predicted molar refractivity (Wildman–Crippen MR) is 79.0 cm³/mol. The summed E-state index contributed by atoms with van der Waals surface area (Å²) in [5.74, 6) is 0.000977. The highest BCUT2D eigenvalue weighted by Gasteiger charge is 2.25. The van der Waals surface area contributed by atoms with Crippen molar-refractivity contribution in [3.05, 3.63) is 17.7 Å². The highest BCUT2D eigenvalue weighted by molar-refractivity contribution is 6.03. The van der Waals surface area contributed by atoms with Crippen LogP contribution in [0.4, 0.5) is 5.69 Å².